The highest BCUT2D eigenvalue weighted by atomic mass is 16.5. The average Bonchev–Trinajstić information content (AvgIpc) is 3.71. The van der Waals surface area contributed by atoms with Crippen LogP contribution in [0.2, 0.25) is 0 Å². The summed E-state index contributed by atoms with van der Waals surface area (Å²) >= 11 is 0. The molecule has 4 aliphatic carbocycles. The first-order valence-corrected chi connectivity index (χ1v) is 18.3. The van der Waals surface area contributed by atoms with Gasteiger partial charge in [0, 0.05) is 18.0 Å². The Hall–Kier alpha value is -1.24. The number of nitrogens with zero attached hydrogens (tertiary/aromatic N) is 2. The zero-order valence-electron chi connectivity index (χ0n) is 27.4. The number of aliphatic carboxylic acids is 1. The van der Waals surface area contributed by atoms with E-state index in [0.717, 1.165) is 69.8 Å². The van der Waals surface area contributed by atoms with Crippen LogP contribution in [-0.2, 0) is 14.3 Å². The monoisotopic (exact) mass is 594 g/mol. The van der Waals surface area contributed by atoms with Crippen LogP contribution >= 0.6 is 0 Å². The third kappa shape index (κ3) is 4.13. The first-order chi connectivity index (χ1) is 20.7. The van der Waals surface area contributed by atoms with Crippen LogP contribution < -0.4 is 0 Å². The third-order valence-corrected chi connectivity index (χ3v) is 14.5. The van der Waals surface area contributed by atoms with Gasteiger partial charge < -0.3 is 24.4 Å². The minimum atomic E-state index is -1.13. The van der Waals surface area contributed by atoms with Gasteiger partial charge in [-0.25, -0.2) is 0 Å². The molecule has 0 aromatic rings. The third-order valence-electron chi connectivity index (χ3n) is 14.5. The number of aldehydes is 1. The molecule has 6 nitrogen and oxygen atoms in total. The van der Waals surface area contributed by atoms with E-state index < -0.39 is 22.2 Å². The highest BCUT2D eigenvalue weighted by Gasteiger charge is 2.86. The fraction of sp³-hybridized carbons (Fsp3) is 0.892. The van der Waals surface area contributed by atoms with Crippen LogP contribution in [-0.4, -0.2) is 78.1 Å². The average molecular weight is 595 g/mol. The number of piperidine rings is 2. The predicted molar refractivity (Wildman–Crippen MR) is 169 cm³/mol. The van der Waals surface area contributed by atoms with E-state index in [-0.39, 0.29) is 30.0 Å². The number of hydrogen-bond donors (Lipinski definition) is 1. The highest BCUT2D eigenvalue weighted by molar-refractivity contribution is 5.90. The van der Waals surface area contributed by atoms with Gasteiger partial charge in [-0.2, -0.15) is 0 Å². The minimum absolute atomic E-state index is 0.0934. The van der Waals surface area contributed by atoms with E-state index >= 15 is 0 Å². The molecule has 0 spiro atoms. The van der Waals surface area contributed by atoms with E-state index in [4.69, 9.17) is 4.74 Å². The van der Waals surface area contributed by atoms with Crippen molar-refractivity contribution in [3.63, 3.8) is 0 Å². The smallest absolute Gasteiger partial charge is 0.315 e. The first kappa shape index (κ1) is 30.4. The quantitative estimate of drug-likeness (QED) is 0.245. The molecular weight excluding hydrogens is 536 g/mol. The van der Waals surface area contributed by atoms with Crippen molar-refractivity contribution in [3.05, 3.63) is 11.6 Å². The molecule has 43 heavy (non-hydrogen) atoms. The van der Waals surface area contributed by atoms with Gasteiger partial charge in [-0.3, -0.25) is 4.79 Å². The van der Waals surface area contributed by atoms with Crippen LogP contribution in [0.3, 0.4) is 0 Å². The van der Waals surface area contributed by atoms with E-state index in [1.807, 2.05) is 0 Å². The Morgan fingerprint density at radius 3 is 2.49 bits per heavy atom. The van der Waals surface area contributed by atoms with E-state index in [2.05, 4.69) is 43.6 Å². The molecule has 7 unspecified atom stereocenters. The van der Waals surface area contributed by atoms with E-state index in [0.29, 0.717) is 24.2 Å². The van der Waals surface area contributed by atoms with Crippen molar-refractivity contribution >= 4 is 12.3 Å². The van der Waals surface area contributed by atoms with Gasteiger partial charge in [0.25, 0.3) is 0 Å². The molecule has 6 fully saturated rings. The van der Waals surface area contributed by atoms with Crippen LogP contribution in [0, 0.1) is 51.8 Å². The molecule has 0 amide bonds. The number of ether oxygens (including phenoxy) is 1. The van der Waals surface area contributed by atoms with Crippen LogP contribution in [0.5, 0.6) is 0 Å². The number of rotatable bonds is 9. The Kier molecular flexibility index (Phi) is 7.94. The summed E-state index contributed by atoms with van der Waals surface area (Å²) in [4.78, 5) is 32.9. The van der Waals surface area contributed by atoms with Gasteiger partial charge in [-0.1, -0.05) is 58.6 Å². The summed E-state index contributed by atoms with van der Waals surface area (Å²) in [6.07, 6.45) is 17.1. The summed E-state index contributed by atoms with van der Waals surface area (Å²) < 4.78 is 7.33. The fourth-order valence-electron chi connectivity index (χ4n) is 12.9. The van der Waals surface area contributed by atoms with Crippen molar-refractivity contribution in [2.45, 2.75) is 123 Å². The van der Waals surface area contributed by atoms with Crippen LogP contribution in [0.15, 0.2) is 11.6 Å². The van der Waals surface area contributed by atoms with Gasteiger partial charge in [-0.05, 0) is 119 Å². The maximum Gasteiger partial charge on any atom is 0.315 e. The lowest BCUT2D eigenvalue weighted by atomic mass is 9.41. The van der Waals surface area contributed by atoms with E-state index in [9.17, 15) is 14.7 Å². The molecule has 240 valence electrons. The number of allylic oxidation sites excluding steroid dienone is 1. The van der Waals surface area contributed by atoms with E-state index in [1.54, 1.807) is 0 Å². The second kappa shape index (κ2) is 11.2. The Morgan fingerprint density at radius 1 is 1.09 bits per heavy atom. The maximum absolute atomic E-state index is 14.0. The number of fused-ring (bicyclic) bond motifs is 2. The standard InChI is InChI=1S/C37H58N2O4/c1-5-9-26-18-33(43-32(26)22-38-16-12-28(13-17-38)39-14-7-6-8-15-39)36-21-29-25(4)10-11-30(29)35(23-40)20-27(36)19-31(24(2)3)37(35,36)34(41)42/h19,23-30,32-33H,5-18,20-22H2,1-4H3,(H,41,42)/t25-,26?,27?,29-,30-,32?,33?,35?,36?,37?/m1/s1. The van der Waals surface area contributed by atoms with Gasteiger partial charge in [-0.15, -0.1) is 0 Å². The zero-order valence-corrected chi connectivity index (χ0v) is 27.4. The van der Waals surface area contributed by atoms with Crippen molar-refractivity contribution in [3.8, 4) is 0 Å². The molecule has 3 saturated heterocycles. The summed E-state index contributed by atoms with van der Waals surface area (Å²) in [6.45, 7) is 14.8. The summed E-state index contributed by atoms with van der Waals surface area (Å²) in [7, 11) is 0. The Balaban J connectivity index is 1.19. The summed E-state index contributed by atoms with van der Waals surface area (Å²) in [5.41, 5.74) is -1.40. The predicted octanol–water partition coefficient (Wildman–Crippen LogP) is 6.44. The zero-order chi connectivity index (χ0) is 30.1. The molecule has 6 heteroatoms. The maximum atomic E-state index is 14.0. The van der Waals surface area contributed by atoms with Crippen molar-refractivity contribution in [1.82, 2.24) is 9.80 Å². The van der Waals surface area contributed by atoms with Crippen molar-refractivity contribution in [2.24, 2.45) is 51.8 Å². The molecule has 0 radical (unpaired) electrons. The molecule has 10 atom stereocenters. The van der Waals surface area contributed by atoms with E-state index in [1.165, 1.54) is 51.5 Å². The number of likely N-dealkylation sites (tertiary alicyclic amines) is 2. The molecule has 3 aliphatic heterocycles. The number of carbonyl (C=O) groups is 2. The number of carbonyl (C=O) groups excluding carboxylic acids is 1. The fourth-order valence-corrected chi connectivity index (χ4v) is 12.9. The summed E-state index contributed by atoms with van der Waals surface area (Å²) in [5.74, 6) is 1.10. The number of hydrogen-bond acceptors (Lipinski definition) is 5. The van der Waals surface area contributed by atoms with Crippen molar-refractivity contribution < 1.29 is 19.4 Å². The first-order valence-electron chi connectivity index (χ1n) is 18.3. The van der Waals surface area contributed by atoms with Gasteiger partial charge in [0.15, 0.2) is 0 Å². The summed E-state index contributed by atoms with van der Waals surface area (Å²) in [5, 5.41) is 11.5. The number of carboxylic acids is 1. The molecular formula is C37H58N2O4. The Morgan fingerprint density at radius 2 is 1.84 bits per heavy atom. The largest absolute Gasteiger partial charge is 0.481 e. The van der Waals surface area contributed by atoms with Crippen LogP contribution in [0.4, 0.5) is 0 Å². The lowest BCUT2D eigenvalue weighted by molar-refractivity contribution is -0.197. The molecule has 0 aromatic heterocycles. The summed E-state index contributed by atoms with van der Waals surface area (Å²) in [6, 6.07) is 0.740. The second-order valence-corrected chi connectivity index (χ2v) is 16.4. The van der Waals surface area contributed by atoms with Gasteiger partial charge in [0.2, 0.25) is 0 Å². The lowest BCUT2D eigenvalue weighted by Crippen LogP contribution is -2.65. The molecule has 3 heterocycles. The topological polar surface area (TPSA) is 70.1 Å². The SMILES string of the molecule is CCCC1CC(C23C[C@@H]4[C@H](C)CC[C@H]4C4(C=O)CC2C=C(C(C)C)C34C(=O)O)OC1CN1CCC(N2CCCCC2)CC1. The minimum Gasteiger partial charge on any atom is -0.481 e. The van der Waals surface area contributed by atoms with Crippen molar-refractivity contribution in [2.75, 3.05) is 32.7 Å². The highest BCUT2D eigenvalue weighted by Crippen LogP contribution is 2.84. The molecule has 7 aliphatic rings. The van der Waals surface area contributed by atoms with Gasteiger partial charge in [0.1, 0.15) is 11.7 Å². The van der Waals surface area contributed by atoms with Gasteiger partial charge >= 0.3 is 5.97 Å². The molecule has 3 saturated carbocycles. The Labute approximate surface area is 260 Å². The number of carboxylic acid groups (broad SMARTS) is 1. The normalized spacial score (nSPS) is 46.8. The second-order valence-electron chi connectivity index (χ2n) is 16.4. The molecule has 4 bridgehead atoms. The van der Waals surface area contributed by atoms with Crippen LogP contribution in [0.1, 0.15) is 105 Å². The lowest BCUT2D eigenvalue weighted by Gasteiger charge is -2.60. The van der Waals surface area contributed by atoms with Crippen molar-refractivity contribution in [1.29, 1.82) is 0 Å². The molecule has 7 rings (SSSR count). The molecule has 0 aromatic carbocycles. The van der Waals surface area contributed by atoms with Gasteiger partial charge in [0.05, 0.1) is 17.6 Å². The molecule has 1 N–H and O–H groups in total. The Bertz CT molecular complexity index is 1110. The van der Waals surface area contributed by atoms with Crippen LogP contribution in [0.25, 0.3) is 0 Å².